The number of benzene rings is 1. The number of nitrogens with zero attached hydrogens (tertiary/aromatic N) is 1. The van der Waals surface area contributed by atoms with Crippen molar-refractivity contribution in [2.75, 3.05) is 19.6 Å². The Balaban J connectivity index is 1.82. The fourth-order valence-corrected chi connectivity index (χ4v) is 2.66. The molecule has 4 heteroatoms. The Kier molecular flexibility index (Phi) is 4.57. The second-order valence-corrected chi connectivity index (χ2v) is 6.80. The highest BCUT2D eigenvalue weighted by Gasteiger charge is 2.45. The van der Waals surface area contributed by atoms with Crippen molar-refractivity contribution in [3.05, 3.63) is 35.9 Å². The van der Waals surface area contributed by atoms with Crippen LogP contribution < -0.4 is 5.32 Å². The van der Waals surface area contributed by atoms with Gasteiger partial charge in [-0.2, -0.15) is 0 Å². The lowest BCUT2D eigenvalue weighted by Gasteiger charge is -2.48. The minimum Gasteiger partial charge on any atom is -0.389 e. The van der Waals surface area contributed by atoms with E-state index in [2.05, 4.69) is 17.4 Å². The summed E-state index contributed by atoms with van der Waals surface area (Å²) in [4.78, 5) is 14.0. The summed E-state index contributed by atoms with van der Waals surface area (Å²) in [5, 5.41) is 13.3. The third-order valence-electron chi connectivity index (χ3n) is 4.73. The standard InChI is InChI=1S/C17H26N2O2/c1-16(2)13-19(12-10-17(16,3)21)15(20)18-11-9-14-7-5-4-6-8-14/h4-8,21H,9-13H2,1-3H3,(H,18,20)/t17-/m1/s1. The molecule has 0 bridgehead atoms. The van der Waals surface area contributed by atoms with Crippen molar-refractivity contribution >= 4 is 6.03 Å². The zero-order valence-corrected chi connectivity index (χ0v) is 13.2. The van der Waals surface area contributed by atoms with Crippen LogP contribution in [0.4, 0.5) is 4.79 Å². The van der Waals surface area contributed by atoms with Crippen LogP contribution in [0.15, 0.2) is 30.3 Å². The number of rotatable bonds is 3. The first-order chi connectivity index (χ1) is 9.82. The van der Waals surface area contributed by atoms with E-state index in [-0.39, 0.29) is 11.4 Å². The lowest BCUT2D eigenvalue weighted by atomic mass is 9.71. The average molecular weight is 290 g/mol. The number of urea groups is 1. The number of nitrogens with one attached hydrogen (secondary N) is 1. The first-order valence-corrected chi connectivity index (χ1v) is 7.61. The predicted octanol–water partition coefficient (Wildman–Crippen LogP) is 2.42. The number of piperidine rings is 1. The monoisotopic (exact) mass is 290 g/mol. The van der Waals surface area contributed by atoms with E-state index in [0.717, 1.165) is 6.42 Å². The predicted molar refractivity (Wildman–Crippen MR) is 84.1 cm³/mol. The minimum atomic E-state index is -0.714. The largest absolute Gasteiger partial charge is 0.389 e. The first kappa shape index (κ1) is 15.8. The molecule has 0 saturated carbocycles. The van der Waals surface area contributed by atoms with Gasteiger partial charge in [0.15, 0.2) is 0 Å². The summed E-state index contributed by atoms with van der Waals surface area (Å²) in [6, 6.07) is 10.1. The Hall–Kier alpha value is -1.55. The van der Waals surface area contributed by atoms with Crippen molar-refractivity contribution in [3.63, 3.8) is 0 Å². The molecule has 0 aromatic heterocycles. The van der Waals surface area contributed by atoms with Crippen LogP contribution in [0.2, 0.25) is 0 Å². The van der Waals surface area contributed by atoms with Crippen molar-refractivity contribution in [2.24, 2.45) is 5.41 Å². The van der Waals surface area contributed by atoms with Gasteiger partial charge >= 0.3 is 6.03 Å². The molecule has 0 spiro atoms. The molecule has 1 aliphatic rings. The number of hydrogen-bond acceptors (Lipinski definition) is 2. The van der Waals surface area contributed by atoms with Gasteiger partial charge in [-0.15, -0.1) is 0 Å². The highest BCUT2D eigenvalue weighted by Crippen LogP contribution is 2.37. The highest BCUT2D eigenvalue weighted by atomic mass is 16.3. The van der Waals surface area contributed by atoms with Gasteiger partial charge in [0.2, 0.25) is 0 Å². The van der Waals surface area contributed by atoms with Crippen LogP contribution in [-0.2, 0) is 6.42 Å². The molecule has 4 nitrogen and oxygen atoms in total. The maximum Gasteiger partial charge on any atom is 0.317 e. The van der Waals surface area contributed by atoms with E-state index < -0.39 is 5.60 Å². The zero-order valence-electron chi connectivity index (χ0n) is 13.2. The van der Waals surface area contributed by atoms with Crippen molar-refractivity contribution in [1.29, 1.82) is 0 Å². The summed E-state index contributed by atoms with van der Waals surface area (Å²) < 4.78 is 0. The number of aliphatic hydroxyl groups is 1. The van der Waals surface area contributed by atoms with Gasteiger partial charge in [0.1, 0.15) is 0 Å². The molecule has 1 aromatic carbocycles. The lowest BCUT2D eigenvalue weighted by molar-refractivity contribution is -0.0954. The van der Waals surface area contributed by atoms with E-state index in [1.165, 1.54) is 5.56 Å². The molecule has 21 heavy (non-hydrogen) atoms. The maximum atomic E-state index is 12.2. The van der Waals surface area contributed by atoms with E-state index in [1.807, 2.05) is 43.9 Å². The Bertz CT molecular complexity index is 483. The molecule has 2 amide bonds. The third-order valence-corrected chi connectivity index (χ3v) is 4.73. The lowest BCUT2D eigenvalue weighted by Crippen LogP contribution is -2.58. The van der Waals surface area contributed by atoms with Crippen LogP contribution in [-0.4, -0.2) is 41.3 Å². The first-order valence-electron chi connectivity index (χ1n) is 7.61. The van der Waals surface area contributed by atoms with Gasteiger partial charge in [0.05, 0.1) is 5.60 Å². The molecule has 1 heterocycles. The van der Waals surface area contributed by atoms with Gasteiger partial charge in [-0.3, -0.25) is 0 Å². The van der Waals surface area contributed by atoms with Crippen LogP contribution in [0.1, 0.15) is 32.8 Å². The van der Waals surface area contributed by atoms with Gasteiger partial charge in [0, 0.05) is 25.0 Å². The fourth-order valence-electron chi connectivity index (χ4n) is 2.66. The molecule has 0 unspecified atom stereocenters. The summed E-state index contributed by atoms with van der Waals surface area (Å²) in [7, 11) is 0. The molecular formula is C17H26N2O2. The van der Waals surface area contributed by atoms with Crippen molar-refractivity contribution < 1.29 is 9.90 Å². The molecule has 1 saturated heterocycles. The molecule has 1 aliphatic heterocycles. The number of carbonyl (C=O) groups is 1. The van der Waals surface area contributed by atoms with Crippen LogP contribution in [0.3, 0.4) is 0 Å². The second-order valence-electron chi connectivity index (χ2n) is 6.80. The van der Waals surface area contributed by atoms with E-state index in [4.69, 9.17) is 0 Å². The number of amides is 2. The van der Waals surface area contributed by atoms with Gasteiger partial charge in [0.25, 0.3) is 0 Å². The fraction of sp³-hybridized carbons (Fsp3) is 0.588. The Morgan fingerprint density at radius 3 is 2.57 bits per heavy atom. The minimum absolute atomic E-state index is 0.0329. The van der Waals surface area contributed by atoms with Crippen molar-refractivity contribution in [2.45, 2.75) is 39.2 Å². The van der Waals surface area contributed by atoms with Gasteiger partial charge < -0.3 is 15.3 Å². The Morgan fingerprint density at radius 1 is 1.29 bits per heavy atom. The molecule has 1 aromatic rings. The van der Waals surface area contributed by atoms with Crippen molar-refractivity contribution in [1.82, 2.24) is 10.2 Å². The normalized spacial score (nSPS) is 24.7. The maximum absolute atomic E-state index is 12.2. The smallest absolute Gasteiger partial charge is 0.317 e. The molecule has 0 aliphatic carbocycles. The third kappa shape index (κ3) is 3.76. The van der Waals surface area contributed by atoms with E-state index >= 15 is 0 Å². The molecule has 1 atom stereocenters. The molecular weight excluding hydrogens is 264 g/mol. The van der Waals surface area contributed by atoms with E-state index in [9.17, 15) is 9.90 Å². The number of hydrogen-bond donors (Lipinski definition) is 2. The van der Waals surface area contributed by atoms with Gasteiger partial charge in [-0.05, 0) is 25.3 Å². The summed E-state index contributed by atoms with van der Waals surface area (Å²) in [5.41, 5.74) is 0.218. The van der Waals surface area contributed by atoms with E-state index in [0.29, 0.717) is 26.1 Å². The molecule has 0 radical (unpaired) electrons. The molecule has 2 rings (SSSR count). The topological polar surface area (TPSA) is 52.6 Å². The molecule has 116 valence electrons. The average Bonchev–Trinajstić information content (AvgIpc) is 2.43. The Morgan fingerprint density at radius 2 is 1.95 bits per heavy atom. The molecule has 1 fully saturated rings. The summed E-state index contributed by atoms with van der Waals surface area (Å²) in [6.45, 7) is 7.70. The molecule has 2 N–H and O–H groups in total. The Labute approximate surface area is 127 Å². The van der Waals surface area contributed by atoms with Crippen LogP contribution in [0.5, 0.6) is 0 Å². The second kappa shape index (κ2) is 6.06. The van der Waals surface area contributed by atoms with Crippen LogP contribution in [0.25, 0.3) is 0 Å². The summed E-state index contributed by atoms with van der Waals surface area (Å²) >= 11 is 0. The van der Waals surface area contributed by atoms with Crippen molar-refractivity contribution in [3.8, 4) is 0 Å². The van der Waals surface area contributed by atoms with Gasteiger partial charge in [-0.25, -0.2) is 4.79 Å². The summed E-state index contributed by atoms with van der Waals surface area (Å²) in [5.74, 6) is 0. The quantitative estimate of drug-likeness (QED) is 0.898. The highest BCUT2D eigenvalue weighted by molar-refractivity contribution is 5.74. The zero-order chi connectivity index (χ0) is 15.5. The number of carbonyl (C=O) groups excluding carboxylic acids is 1. The SMILES string of the molecule is CC1(C)CN(C(=O)NCCc2ccccc2)CC[C@@]1(C)O. The summed E-state index contributed by atoms with van der Waals surface area (Å²) in [6.07, 6.45) is 1.45. The van der Waals surface area contributed by atoms with E-state index in [1.54, 1.807) is 0 Å². The van der Waals surface area contributed by atoms with Crippen LogP contribution >= 0.6 is 0 Å². The van der Waals surface area contributed by atoms with Gasteiger partial charge in [-0.1, -0.05) is 44.2 Å². The number of likely N-dealkylation sites (tertiary alicyclic amines) is 1. The van der Waals surface area contributed by atoms with Crippen LogP contribution in [0, 0.1) is 5.41 Å².